The Labute approximate surface area is 148 Å². The van der Waals surface area contributed by atoms with E-state index in [1.54, 1.807) is 4.90 Å². The Morgan fingerprint density at radius 2 is 1.80 bits per heavy atom. The number of carbonyl (C=O) groups excluding carboxylic acids is 2. The normalized spacial score (nSPS) is 17.5. The van der Waals surface area contributed by atoms with Gasteiger partial charge in [-0.3, -0.25) is 9.59 Å². The summed E-state index contributed by atoms with van der Waals surface area (Å²) in [5.41, 5.74) is 3.26. The molecule has 3 rings (SSSR count). The highest BCUT2D eigenvalue weighted by Gasteiger charge is 2.37. The molecule has 0 bridgehead atoms. The van der Waals surface area contributed by atoms with Crippen molar-refractivity contribution in [1.82, 2.24) is 4.90 Å². The molecular formula is C21H24N2O2. The smallest absolute Gasteiger partial charge is 0.244 e. The predicted molar refractivity (Wildman–Crippen MR) is 99.3 cm³/mol. The Bertz CT molecular complexity index is 806. The fraction of sp³-hybridized carbons (Fsp3) is 0.333. The van der Waals surface area contributed by atoms with E-state index in [0.717, 1.165) is 22.4 Å². The average molecular weight is 336 g/mol. The summed E-state index contributed by atoms with van der Waals surface area (Å²) in [5, 5.41) is 2.95. The Kier molecular flexibility index (Phi) is 4.38. The van der Waals surface area contributed by atoms with Gasteiger partial charge in [0.05, 0.1) is 6.04 Å². The van der Waals surface area contributed by atoms with Crippen molar-refractivity contribution >= 4 is 17.5 Å². The minimum atomic E-state index is -0.568. The van der Waals surface area contributed by atoms with Crippen LogP contribution >= 0.6 is 0 Å². The molecule has 1 N–H and O–H groups in total. The van der Waals surface area contributed by atoms with Gasteiger partial charge in [-0.05, 0) is 18.6 Å². The third-order valence-corrected chi connectivity index (χ3v) is 4.42. The van der Waals surface area contributed by atoms with E-state index in [4.69, 9.17) is 0 Å². The van der Waals surface area contributed by atoms with Gasteiger partial charge in [-0.1, -0.05) is 68.8 Å². The van der Waals surface area contributed by atoms with Gasteiger partial charge in [0.2, 0.25) is 11.8 Å². The summed E-state index contributed by atoms with van der Waals surface area (Å²) in [6.45, 7) is 7.72. The maximum absolute atomic E-state index is 13.1. The molecule has 1 atom stereocenters. The van der Waals surface area contributed by atoms with Crippen LogP contribution in [0.25, 0.3) is 0 Å². The molecule has 4 nitrogen and oxygen atoms in total. The Morgan fingerprint density at radius 1 is 1.12 bits per heavy atom. The first-order valence-corrected chi connectivity index (χ1v) is 8.54. The second kappa shape index (κ2) is 6.36. The van der Waals surface area contributed by atoms with Crippen LogP contribution in [0.4, 0.5) is 5.69 Å². The van der Waals surface area contributed by atoms with Crippen molar-refractivity contribution in [2.75, 3.05) is 11.9 Å². The van der Waals surface area contributed by atoms with E-state index in [9.17, 15) is 9.59 Å². The molecule has 0 saturated carbocycles. The number of rotatable bonds is 1. The highest BCUT2D eigenvalue weighted by atomic mass is 16.2. The Hall–Kier alpha value is -2.62. The fourth-order valence-corrected chi connectivity index (χ4v) is 3.24. The van der Waals surface area contributed by atoms with Gasteiger partial charge in [0.15, 0.2) is 0 Å². The summed E-state index contributed by atoms with van der Waals surface area (Å²) in [7, 11) is 0. The van der Waals surface area contributed by atoms with E-state index < -0.39 is 5.41 Å². The highest BCUT2D eigenvalue weighted by molar-refractivity contribution is 5.97. The first-order chi connectivity index (χ1) is 11.8. The van der Waals surface area contributed by atoms with Gasteiger partial charge >= 0.3 is 0 Å². The van der Waals surface area contributed by atoms with E-state index in [1.807, 2.05) is 70.2 Å². The number of amides is 2. The van der Waals surface area contributed by atoms with Crippen LogP contribution in [0.3, 0.4) is 0 Å². The lowest BCUT2D eigenvalue weighted by molar-refractivity contribution is -0.143. The number of anilines is 1. The molecule has 1 heterocycles. The van der Waals surface area contributed by atoms with Gasteiger partial charge in [-0.25, -0.2) is 0 Å². The summed E-state index contributed by atoms with van der Waals surface area (Å²) in [6.07, 6.45) is 0. The van der Waals surface area contributed by atoms with Crippen LogP contribution < -0.4 is 5.32 Å². The lowest BCUT2D eigenvalue weighted by Crippen LogP contribution is -2.44. The molecule has 1 aliphatic heterocycles. The van der Waals surface area contributed by atoms with Crippen molar-refractivity contribution in [3.63, 3.8) is 0 Å². The topological polar surface area (TPSA) is 49.4 Å². The third-order valence-electron chi connectivity index (χ3n) is 4.42. The molecule has 0 fully saturated rings. The standard InChI is InChI=1S/C21H24N2O2/c1-14-10-11-17-16(12-14)19(15-8-6-5-7-9-15)23(13-18(24)22-17)20(25)21(2,3)4/h5-12,19H,13H2,1-4H3,(H,22,24). The average Bonchev–Trinajstić information content (AvgIpc) is 2.69. The van der Waals surface area contributed by atoms with Crippen LogP contribution in [0.5, 0.6) is 0 Å². The Morgan fingerprint density at radius 3 is 2.44 bits per heavy atom. The van der Waals surface area contributed by atoms with Gasteiger partial charge < -0.3 is 10.2 Å². The molecule has 0 aliphatic carbocycles. The molecule has 1 unspecified atom stereocenters. The molecule has 2 amide bonds. The summed E-state index contributed by atoms with van der Waals surface area (Å²) in [4.78, 5) is 27.3. The largest absolute Gasteiger partial charge is 0.324 e. The zero-order valence-electron chi connectivity index (χ0n) is 15.2. The molecule has 1 aliphatic rings. The summed E-state index contributed by atoms with van der Waals surface area (Å²) >= 11 is 0. The quantitative estimate of drug-likeness (QED) is 0.858. The van der Waals surface area contributed by atoms with Gasteiger partial charge in [0.1, 0.15) is 6.54 Å². The van der Waals surface area contributed by atoms with Crippen LogP contribution in [0, 0.1) is 12.3 Å². The lowest BCUT2D eigenvalue weighted by atomic mass is 9.90. The van der Waals surface area contributed by atoms with E-state index in [1.165, 1.54) is 0 Å². The zero-order valence-corrected chi connectivity index (χ0v) is 15.2. The molecule has 0 aromatic heterocycles. The van der Waals surface area contributed by atoms with Gasteiger partial charge in [0, 0.05) is 16.7 Å². The van der Waals surface area contributed by atoms with Crippen LogP contribution in [0.2, 0.25) is 0 Å². The molecule has 0 spiro atoms. The maximum Gasteiger partial charge on any atom is 0.244 e. The molecule has 2 aromatic carbocycles. The van der Waals surface area contributed by atoms with Crippen molar-refractivity contribution in [2.45, 2.75) is 33.7 Å². The summed E-state index contributed by atoms with van der Waals surface area (Å²) < 4.78 is 0. The number of hydrogen-bond donors (Lipinski definition) is 1. The number of aryl methyl sites for hydroxylation is 1. The van der Waals surface area contributed by atoms with Crippen LogP contribution in [0.1, 0.15) is 43.5 Å². The van der Waals surface area contributed by atoms with Crippen molar-refractivity contribution in [3.05, 3.63) is 65.2 Å². The maximum atomic E-state index is 13.1. The molecule has 4 heteroatoms. The number of fused-ring (bicyclic) bond motifs is 1. The van der Waals surface area contributed by atoms with Crippen LogP contribution in [-0.2, 0) is 9.59 Å². The minimum Gasteiger partial charge on any atom is -0.324 e. The minimum absolute atomic E-state index is 0.0362. The number of hydrogen-bond acceptors (Lipinski definition) is 2. The fourth-order valence-electron chi connectivity index (χ4n) is 3.24. The van der Waals surface area contributed by atoms with Gasteiger partial charge in [-0.2, -0.15) is 0 Å². The SMILES string of the molecule is Cc1ccc2c(c1)C(c1ccccc1)N(C(=O)C(C)(C)C)CC(=O)N2. The van der Waals surface area contributed by atoms with E-state index in [2.05, 4.69) is 11.4 Å². The second-order valence-electron chi connectivity index (χ2n) is 7.64. The lowest BCUT2D eigenvalue weighted by Gasteiger charge is -2.35. The highest BCUT2D eigenvalue weighted by Crippen LogP contribution is 2.38. The summed E-state index contributed by atoms with van der Waals surface area (Å²) in [6, 6.07) is 15.6. The molecule has 0 saturated heterocycles. The third kappa shape index (κ3) is 3.43. The molecule has 2 aromatic rings. The summed E-state index contributed by atoms with van der Waals surface area (Å²) in [5.74, 6) is -0.202. The van der Waals surface area contributed by atoms with E-state index in [-0.39, 0.29) is 24.4 Å². The number of carbonyl (C=O) groups is 2. The van der Waals surface area contributed by atoms with Crippen molar-refractivity contribution in [2.24, 2.45) is 5.41 Å². The molecule has 25 heavy (non-hydrogen) atoms. The van der Waals surface area contributed by atoms with E-state index >= 15 is 0 Å². The van der Waals surface area contributed by atoms with Gasteiger partial charge in [0.25, 0.3) is 0 Å². The Balaban J connectivity index is 2.22. The van der Waals surface area contributed by atoms with Crippen molar-refractivity contribution in [1.29, 1.82) is 0 Å². The van der Waals surface area contributed by atoms with Crippen LogP contribution in [-0.4, -0.2) is 23.3 Å². The monoisotopic (exact) mass is 336 g/mol. The zero-order chi connectivity index (χ0) is 18.2. The molecule has 130 valence electrons. The number of benzene rings is 2. The first kappa shape index (κ1) is 17.2. The van der Waals surface area contributed by atoms with Crippen molar-refractivity contribution in [3.8, 4) is 0 Å². The number of nitrogens with zero attached hydrogens (tertiary/aromatic N) is 1. The van der Waals surface area contributed by atoms with Crippen molar-refractivity contribution < 1.29 is 9.59 Å². The number of nitrogens with one attached hydrogen (secondary N) is 1. The first-order valence-electron chi connectivity index (χ1n) is 8.54. The predicted octanol–water partition coefficient (Wildman–Crippen LogP) is 3.91. The molecule has 0 radical (unpaired) electrons. The van der Waals surface area contributed by atoms with Gasteiger partial charge in [-0.15, -0.1) is 0 Å². The van der Waals surface area contributed by atoms with E-state index in [0.29, 0.717) is 0 Å². The second-order valence-corrected chi connectivity index (χ2v) is 7.64. The van der Waals surface area contributed by atoms with Crippen LogP contribution in [0.15, 0.2) is 48.5 Å². The molecular weight excluding hydrogens is 312 g/mol.